The fraction of sp³-hybridized carbons (Fsp3) is 0.167. The molecule has 3 aromatic rings. The monoisotopic (exact) mass is 370 g/mol. The SMILES string of the molecule is CC(=O)c1cccc(S(=O)(=O)NC(C)c2ccc(-n3cncn3)cc2)c1. The van der Waals surface area contributed by atoms with Gasteiger partial charge in [0.15, 0.2) is 5.78 Å². The number of hydrogen-bond donors (Lipinski definition) is 1. The van der Waals surface area contributed by atoms with Crippen molar-refractivity contribution < 1.29 is 13.2 Å². The Morgan fingerprint density at radius 1 is 1.15 bits per heavy atom. The Bertz CT molecular complexity index is 1010. The maximum Gasteiger partial charge on any atom is 0.241 e. The van der Waals surface area contributed by atoms with Gasteiger partial charge in [0.1, 0.15) is 12.7 Å². The van der Waals surface area contributed by atoms with Gasteiger partial charge < -0.3 is 0 Å². The molecule has 0 aliphatic heterocycles. The van der Waals surface area contributed by atoms with Gasteiger partial charge in [0, 0.05) is 11.6 Å². The van der Waals surface area contributed by atoms with Crippen LogP contribution >= 0.6 is 0 Å². The van der Waals surface area contributed by atoms with E-state index in [9.17, 15) is 13.2 Å². The van der Waals surface area contributed by atoms with Crippen molar-refractivity contribution in [3.8, 4) is 5.69 Å². The lowest BCUT2D eigenvalue weighted by Gasteiger charge is -2.15. The third kappa shape index (κ3) is 3.87. The summed E-state index contributed by atoms with van der Waals surface area (Å²) in [4.78, 5) is 15.4. The van der Waals surface area contributed by atoms with Crippen LogP contribution in [0.1, 0.15) is 35.8 Å². The Kier molecular flexibility index (Phi) is 4.97. The molecule has 1 aromatic heterocycles. The highest BCUT2D eigenvalue weighted by molar-refractivity contribution is 7.89. The molecule has 0 aliphatic carbocycles. The number of benzene rings is 2. The molecule has 8 heteroatoms. The van der Waals surface area contributed by atoms with E-state index < -0.39 is 16.1 Å². The molecule has 134 valence electrons. The van der Waals surface area contributed by atoms with Gasteiger partial charge in [-0.05, 0) is 43.7 Å². The molecule has 3 rings (SSSR count). The molecular weight excluding hydrogens is 352 g/mol. The number of carbonyl (C=O) groups excluding carboxylic acids is 1. The summed E-state index contributed by atoms with van der Waals surface area (Å²) in [6.07, 6.45) is 3.03. The lowest BCUT2D eigenvalue weighted by Crippen LogP contribution is -2.27. The maximum absolute atomic E-state index is 12.6. The van der Waals surface area contributed by atoms with E-state index in [1.54, 1.807) is 30.1 Å². The predicted octanol–water partition coefficient (Wildman–Crippen LogP) is 2.51. The second-order valence-electron chi connectivity index (χ2n) is 5.86. The minimum absolute atomic E-state index is 0.0660. The second-order valence-corrected chi connectivity index (χ2v) is 7.57. The van der Waals surface area contributed by atoms with Gasteiger partial charge in [0.2, 0.25) is 10.0 Å². The minimum atomic E-state index is -3.75. The number of aromatic nitrogens is 3. The van der Waals surface area contributed by atoms with E-state index >= 15 is 0 Å². The molecule has 0 amide bonds. The molecule has 0 fully saturated rings. The van der Waals surface area contributed by atoms with Gasteiger partial charge in [0.05, 0.1) is 10.6 Å². The largest absolute Gasteiger partial charge is 0.295 e. The third-order valence-electron chi connectivity index (χ3n) is 3.96. The quantitative estimate of drug-likeness (QED) is 0.673. The Morgan fingerprint density at radius 3 is 2.50 bits per heavy atom. The number of ketones is 1. The lowest BCUT2D eigenvalue weighted by molar-refractivity contribution is 0.101. The molecule has 26 heavy (non-hydrogen) atoms. The average molecular weight is 370 g/mol. The van der Waals surface area contributed by atoms with E-state index in [-0.39, 0.29) is 10.7 Å². The predicted molar refractivity (Wildman–Crippen MR) is 96.5 cm³/mol. The summed E-state index contributed by atoms with van der Waals surface area (Å²) < 4.78 is 29.5. The summed E-state index contributed by atoms with van der Waals surface area (Å²) in [6.45, 7) is 3.16. The standard InChI is InChI=1S/C18H18N4O3S/c1-13(15-6-8-17(9-7-15)22-12-19-11-20-22)21-26(24,25)18-5-3-4-16(10-18)14(2)23/h3-13,21H,1-2H3. The highest BCUT2D eigenvalue weighted by Crippen LogP contribution is 2.19. The molecule has 0 spiro atoms. The van der Waals surface area contributed by atoms with Crippen LogP contribution < -0.4 is 4.72 Å². The Hall–Kier alpha value is -2.84. The van der Waals surface area contributed by atoms with Crippen LogP contribution in [-0.2, 0) is 10.0 Å². The zero-order valence-corrected chi connectivity index (χ0v) is 15.1. The first-order valence-electron chi connectivity index (χ1n) is 7.95. The molecule has 0 aliphatic rings. The smallest absolute Gasteiger partial charge is 0.241 e. The zero-order valence-electron chi connectivity index (χ0n) is 14.3. The molecule has 2 aromatic carbocycles. The fourth-order valence-electron chi connectivity index (χ4n) is 2.51. The van der Waals surface area contributed by atoms with Gasteiger partial charge >= 0.3 is 0 Å². The van der Waals surface area contributed by atoms with Crippen LogP contribution in [0.5, 0.6) is 0 Å². The highest BCUT2D eigenvalue weighted by Gasteiger charge is 2.19. The summed E-state index contributed by atoms with van der Waals surface area (Å²) in [6, 6.07) is 12.9. The van der Waals surface area contributed by atoms with Gasteiger partial charge in [-0.15, -0.1) is 0 Å². The van der Waals surface area contributed by atoms with Crippen molar-refractivity contribution in [3.05, 3.63) is 72.3 Å². The van der Waals surface area contributed by atoms with E-state index in [2.05, 4.69) is 14.8 Å². The number of nitrogens with one attached hydrogen (secondary N) is 1. The van der Waals surface area contributed by atoms with E-state index in [1.807, 2.05) is 24.3 Å². The Balaban J connectivity index is 1.79. The molecule has 1 N–H and O–H groups in total. The van der Waals surface area contributed by atoms with Crippen molar-refractivity contribution in [1.29, 1.82) is 0 Å². The maximum atomic E-state index is 12.6. The summed E-state index contributed by atoms with van der Waals surface area (Å²) in [5, 5.41) is 4.05. The number of sulfonamides is 1. The summed E-state index contributed by atoms with van der Waals surface area (Å²) in [5.74, 6) is -0.182. The van der Waals surface area contributed by atoms with Crippen molar-refractivity contribution in [2.24, 2.45) is 0 Å². The summed E-state index contributed by atoms with van der Waals surface area (Å²) in [7, 11) is -3.75. The van der Waals surface area contributed by atoms with Crippen molar-refractivity contribution >= 4 is 15.8 Å². The first-order chi connectivity index (χ1) is 12.4. The van der Waals surface area contributed by atoms with Crippen LogP contribution in [0.4, 0.5) is 0 Å². The molecule has 1 heterocycles. The summed E-state index contributed by atoms with van der Waals surface area (Å²) in [5.41, 5.74) is 1.99. The van der Waals surface area contributed by atoms with Crippen LogP contribution in [0, 0.1) is 0 Å². The molecule has 0 saturated carbocycles. The van der Waals surface area contributed by atoms with Gasteiger partial charge in [0.25, 0.3) is 0 Å². The molecule has 0 bridgehead atoms. The molecule has 0 saturated heterocycles. The number of carbonyl (C=O) groups is 1. The van der Waals surface area contributed by atoms with Crippen LogP contribution in [0.25, 0.3) is 5.69 Å². The van der Waals surface area contributed by atoms with Gasteiger partial charge in [-0.1, -0.05) is 24.3 Å². The lowest BCUT2D eigenvalue weighted by atomic mass is 10.1. The van der Waals surface area contributed by atoms with Crippen LogP contribution in [-0.4, -0.2) is 29.0 Å². The molecule has 1 unspecified atom stereocenters. The van der Waals surface area contributed by atoms with Crippen molar-refractivity contribution in [1.82, 2.24) is 19.5 Å². The van der Waals surface area contributed by atoms with Gasteiger partial charge in [-0.3, -0.25) is 4.79 Å². The minimum Gasteiger partial charge on any atom is -0.295 e. The highest BCUT2D eigenvalue weighted by atomic mass is 32.2. The fourth-order valence-corrected chi connectivity index (χ4v) is 3.79. The normalized spacial score (nSPS) is 12.7. The molecule has 0 radical (unpaired) electrons. The Morgan fingerprint density at radius 2 is 1.88 bits per heavy atom. The number of nitrogens with zero attached hydrogens (tertiary/aromatic N) is 3. The summed E-state index contributed by atoms with van der Waals surface area (Å²) >= 11 is 0. The van der Waals surface area contributed by atoms with E-state index in [4.69, 9.17) is 0 Å². The second kappa shape index (κ2) is 7.19. The molecule has 7 nitrogen and oxygen atoms in total. The van der Waals surface area contributed by atoms with E-state index in [1.165, 1.54) is 25.4 Å². The van der Waals surface area contributed by atoms with Gasteiger partial charge in [-0.25, -0.2) is 22.8 Å². The molecule has 1 atom stereocenters. The van der Waals surface area contributed by atoms with Crippen LogP contribution in [0.2, 0.25) is 0 Å². The first kappa shape index (κ1) is 18.0. The van der Waals surface area contributed by atoms with Gasteiger partial charge in [-0.2, -0.15) is 5.10 Å². The van der Waals surface area contributed by atoms with Crippen molar-refractivity contribution in [2.75, 3.05) is 0 Å². The van der Waals surface area contributed by atoms with Crippen molar-refractivity contribution in [3.63, 3.8) is 0 Å². The van der Waals surface area contributed by atoms with E-state index in [0.717, 1.165) is 11.3 Å². The number of hydrogen-bond acceptors (Lipinski definition) is 5. The van der Waals surface area contributed by atoms with Crippen molar-refractivity contribution in [2.45, 2.75) is 24.8 Å². The topological polar surface area (TPSA) is 94.0 Å². The number of rotatable bonds is 6. The average Bonchev–Trinajstić information content (AvgIpc) is 3.16. The van der Waals surface area contributed by atoms with Crippen LogP contribution in [0.15, 0.2) is 66.1 Å². The first-order valence-corrected chi connectivity index (χ1v) is 9.43. The van der Waals surface area contributed by atoms with E-state index in [0.29, 0.717) is 5.56 Å². The van der Waals surface area contributed by atoms with Crippen LogP contribution in [0.3, 0.4) is 0 Å². The Labute approximate surface area is 151 Å². The number of Topliss-reactive ketones (excluding diaryl/α,β-unsaturated/α-hetero) is 1. The zero-order chi connectivity index (χ0) is 18.7. The third-order valence-corrected chi connectivity index (χ3v) is 5.50. The molecular formula is C18H18N4O3S.